The molecular formula is C13H18N2O3S. The van der Waals surface area contributed by atoms with E-state index in [0.29, 0.717) is 17.2 Å². The molecule has 19 heavy (non-hydrogen) atoms. The van der Waals surface area contributed by atoms with E-state index in [2.05, 4.69) is 10.3 Å². The third kappa shape index (κ3) is 2.94. The van der Waals surface area contributed by atoms with Crippen LogP contribution in [0.2, 0.25) is 0 Å². The van der Waals surface area contributed by atoms with Crippen LogP contribution in [-0.4, -0.2) is 22.0 Å². The third-order valence-electron chi connectivity index (χ3n) is 3.69. The van der Waals surface area contributed by atoms with Gasteiger partial charge in [0.1, 0.15) is 9.88 Å². The van der Waals surface area contributed by atoms with Crippen LogP contribution >= 0.6 is 11.3 Å². The molecule has 1 aromatic heterocycles. The van der Waals surface area contributed by atoms with E-state index in [1.807, 2.05) is 6.92 Å². The van der Waals surface area contributed by atoms with Crippen molar-refractivity contribution in [2.75, 3.05) is 0 Å². The number of carboxylic acids is 1. The number of hydrogen-bond acceptors (Lipinski definition) is 4. The number of nitrogens with zero attached hydrogens (tertiary/aromatic N) is 1. The second kappa shape index (κ2) is 5.28. The van der Waals surface area contributed by atoms with Crippen LogP contribution in [0.5, 0.6) is 0 Å². The molecular weight excluding hydrogens is 264 g/mol. The van der Waals surface area contributed by atoms with Gasteiger partial charge >= 0.3 is 5.97 Å². The zero-order valence-electron chi connectivity index (χ0n) is 11.2. The molecule has 0 unspecified atom stereocenters. The summed E-state index contributed by atoms with van der Waals surface area (Å²) in [6, 6.07) is 0. The Balaban J connectivity index is 1.97. The Morgan fingerprint density at radius 1 is 1.42 bits per heavy atom. The largest absolute Gasteiger partial charge is 0.477 e. The molecule has 0 aliphatic heterocycles. The van der Waals surface area contributed by atoms with Gasteiger partial charge in [0.25, 0.3) is 0 Å². The van der Waals surface area contributed by atoms with Crippen molar-refractivity contribution in [3.63, 3.8) is 0 Å². The molecule has 1 aromatic rings. The molecule has 0 spiro atoms. The zero-order valence-corrected chi connectivity index (χ0v) is 12.0. The number of aromatic nitrogens is 1. The van der Waals surface area contributed by atoms with Gasteiger partial charge in [-0.2, -0.15) is 0 Å². The number of nitrogens with one attached hydrogen (secondary N) is 1. The number of carbonyl (C=O) groups excluding carboxylic acids is 1. The van der Waals surface area contributed by atoms with Crippen molar-refractivity contribution in [3.8, 4) is 0 Å². The first kappa shape index (κ1) is 14.0. The smallest absolute Gasteiger partial charge is 0.347 e. The van der Waals surface area contributed by atoms with E-state index in [0.717, 1.165) is 37.0 Å². The van der Waals surface area contributed by atoms with E-state index in [4.69, 9.17) is 5.11 Å². The van der Waals surface area contributed by atoms with Crippen LogP contribution in [0.25, 0.3) is 0 Å². The molecule has 1 amide bonds. The van der Waals surface area contributed by atoms with Crippen LogP contribution in [0.1, 0.15) is 53.0 Å². The third-order valence-corrected chi connectivity index (χ3v) is 4.84. The van der Waals surface area contributed by atoms with E-state index in [1.54, 1.807) is 6.92 Å². The molecule has 1 fully saturated rings. The molecule has 1 saturated carbocycles. The maximum atomic E-state index is 12.1. The van der Waals surface area contributed by atoms with Crippen molar-refractivity contribution in [3.05, 3.63) is 15.6 Å². The van der Waals surface area contributed by atoms with Crippen LogP contribution in [0.15, 0.2) is 0 Å². The Bertz CT molecular complexity index is 504. The van der Waals surface area contributed by atoms with Crippen LogP contribution in [0.4, 0.5) is 0 Å². The van der Waals surface area contributed by atoms with Crippen LogP contribution in [0.3, 0.4) is 0 Å². The molecule has 0 aromatic carbocycles. The minimum Gasteiger partial charge on any atom is -0.477 e. The summed E-state index contributed by atoms with van der Waals surface area (Å²) in [7, 11) is 0. The monoisotopic (exact) mass is 282 g/mol. The highest BCUT2D eigenvalue weighted by Crippen LogP contribution is 2.37. The summed E-state index contributed by atoms with van der Waals surface area (Å²) in [5.74, 6) is -0.912. The second-order valence-electron chi connectivity index (χ2n) is 5.28. The van der Waals surface area contributed by atoms with Crippen molar-refractivity contribution in [2.45, 2.75) is 46.1 Å². The van der Waals surface area contributed by atoms with Gasteiger partial charge < -0.3 is 10.4 Å². The van der Waals surface area contributed by atoms with E-state index in [9.17, 15) is 9.59 Å². The number of aromatic carboxylic acids is 1. The normalized spacial score (nSPS) is 17.4. The fraction of sp³-hybridized carbons (Fsp3) is 0.615. The van der Waals surface area contributed by atoms with Gasteiger partial charge in [0.05, 0.1) is 12.2 Å². The quantitative estimate of drug-likeness (QED) is 0.888. The Morgan fingerprint density at radius 2 is 2.05 bits per heavy atom. The number of rotatable bonds is 4. The van der Waals surface area contributed by atoms with E-state index < -0.39 is 5.97 Å². The predicted molar refractivity (Wildman–Crippen MR) is 72.2 cm³/mol. The fourth-order valence-corrected chi connectivity index (χ4v) is 3.32. The average Bonchev–Trinajstić information content (AvgIpc) is 2.93. The van der Waals surface area contributed by atoms with E-state index in [-0.39, 0.29) is 16.2 Å². The molecule has 6 heteroatoms. The molecule has 2 rings (SSSR count). The van der Waals surface area contributed by atoms with Gasteiger partial charge in [0.15, 0.2) is 0 Å². The lowest BCUT2D eigenvalue weighted by atomic mass is 9.88. The number of carbonyl (C=O) groups is 2. The molecule has 0 radical (unpaired) electrons. The fourth-order valence-electron chi connectivity index (χ4n) is 2.48. The first-order chi connectivity index (χ1) is 8.92. The number of aryl methyl sites for hydroxylation is 1. The topological polar surface area (TPSA) is 79.3 Å². The average molecular weight is 282 g/mol. The van der Waals surface area contributed by atoms with Crippen molar-refractivity contribution in [2.24, 2.45) is 5.41 Å². The van der Waals surface area contributed by atoms with Crippen LogP contribution in [0, 0.1) is 12.3 Å². The summed E-state index contributed by atoms with van der Waals surface area (Å²) >= 11 is 1.13. The lowest BCUT2D eigenvalue weighted by Crippen LogP contribution is -2.36. The second-order valence-corrected chi connectivity index (χ2v) is 6.36. The van der Waals surface area contributed by atoms with Gasteiger partial charge in [-0.15, -0.1) is 11.3 Å². The number of thiazole rings is 1. The lowest BCUT2D eigenvalue weighted by molar-refractivity contribution is -0.130. The van der Waals surface area contributed by atoms with Gasteiger partial charge in [-0.05, 0) is 19.8 Å². The molecule has 1 heterocycles. The number of carboxylic acid groups (broad SMARTS) is 1. The molecule has 104 valence electrons. The highest BCUT2D eigenvalue weighted by atomic mass is 32.1. The predicted octanol–water partition coefficient (Wildman–Crippen LogP) is 2.35. The molecule has 5 nitrogen and oxygen atoms in total. The molecule has 0 atom stereocenters. The summed E-state index contributed by atoms with van der Waals surface area (Å²) in [6.45, 7) is 3.97. The van der Waals surface area contributed by atoms with Gasteiger partial charge in [-0.3, -0.25) is 4.79 Å². The van der Waals surface area contributed by atoms with Gasteiger partial charge in [0, 0.05) is 5.41 Å². The molecule has 2 N–H and O–H groups in total. The van der Waals surface area contributed by atoms with Crippen molar-refractivity contribution >= 4 is 23.2 Å². The maximum absolute atomic E-state index is 12.1. The van der Waals surface area contributed by atoms with Gasteiger partial charge in [-0.25, -0.2) is 9.78 Å². The summed E-state index contributed by atoms with van der Waals surface area (Å²) in [4.78, 5) is 27.5. The molecule has 0 saturated heterocycles. The number of hydrogen-bond donors (Lipinski definition) is 2. The molecule has 1 aliphatic carbocycles. The highest BCUT2D eigenvalue weighted by molar-refractivity contribution is 7.13. The Hall–Kier alpha value is -1.43. The van der Waals surface area contributed by atoms with E-state index in [1.165, 1.54) is 0 Å². The van der Waals surface area contributed by atoms with Crippen molar-refractivity contribution in [1.82, 2.24) is 10.3 Å². The summed E-state index contributed by atoms with van der Waals surface area (Å²) in [6.07, 6.45) is 4.05. The first-order valence-corrected chi connectivity index (χ1v) is 7.22. The van der Waals surface area contributed by atoms with Crippen molar-refractivity contribution in [1.29, 1.82) is 0 Å². The first-order valence-electron chi connectivity index (χ1n) is 6.40. The lowest BCUT2D eigenvalue weighted by Gasteiger charge is -2.21. The maximum Gasteiger partial charge on any atom is 0.347 e. The zero-order chi connectivity index (χ0) is 14.0. The van der Waals surface area contributed by atoms with Crippen LogP contribution < -0.4 is 5.32 Å². The molecule has 0 bridgehead atoms. The summed E-state index contributed by atoms with van der Waals surface area (Å²) < 4.78 is 0. The SMILES string of the molecule is Cc1nc(CNC(=O)C2(C)CCCC2)sc1C(=O)O. The summed E-state index contributed by atoms with van der Waals surface area (Å²) in [5, 5.41) is 12.5. The standard InChI is InChI=1S/C13H18N2O3S/c1-8-10(11(16)17)19-9(15-8)7-14-12(18)13(2)5-3-4-6-13/h3-7H2,1-2H3,(H,14,18)(H,16,17). The number of amides is 1. The van der Waals surface area contributed by atoms with E-state index >= 15 is 0 Å². The van der Waals surface area contributed by atoms with Gasteiger partial charge in [0.2, 0.25) is 5.91 Å². The van der Waals surface area contributed by atoms with Crippen molar-refractivity contribution < 1.29 is 14.7 Å². The Labute approximate surface area is 116 Å². The highest BCUT2D eigenvalue weighted by Gasteiger charge is 2.36. The van der Waals surface area contributed by atoms with Crippen LogP contribution in [-0.2, 0) is 11.3 Å². The Morgan fingerprint density at radius 3 is 2.58 bits per heavy atom. The Kier molecular flexibility index (Phi) is 3.89. The summed E-state index contributed by atoms with van der Waals surface area (Å²) in [5.41, 5.74) is 0.246. The minimum atomic E-state index is -0.963. The minimum absolute atomic E-state index is 0.0507. The molecule has 1 aliphatic rings. The van der Waals surface area contributed by atoms with Gasteiger partial charge in [-0.1, -0.05) is 19.8 Å².